The van der Waals surface area contributed by atoms with Crippen LogP contribution in [0.5, 0.6) is 0 Å². The summed E-state index contributed by atoms with van der Waals surface area (Å²) in [5.74, 6) is -0.327. The molecule has 0 bridgehead atoms. The van der Waals surface area contributed by atoms with E-state index in [4.69, 9.17) is 0 Å². The number of anilines is 3. The molecule has 0 radical (unpaired) electrons. The van der Waals surface area contributed by atoms with Crippen molar-refractivity contribution in [2.75, 3.05) is 22.5 Å². The molecule has 0 saturated carbocycles. The first-order chi connectivity index (χ1) is 11.9. The summed E-state index contributed by atoms with van der Waals surface area (Å²) < 4.78 is 0. The minimum Gasteiger partial charge on any atom is -0.384 e. The Balaban J connectivity index is 1.83. The van der Waals surface area contributed by atoms with Crippen LogP contribution in [0.4, 0.5) is 17.1 Å². The van der Waals surface area contributed by atoms with Crippen LogP contribution >= 0.6 is 0 Å². The molecule has 2 amide bonds. The minimum atomic E-state index is -0.147. The quantitative estimate of drug-likeness (QED) is 0.676. The van der Waals surface area contributed by atoms with E-state index in [1.54, 1.807) is 36.4 Å². The number of carbonyl (C=O) groups is 3. The Hall–Kier alpha value is -3.15. The van der Waals surface area contributed by atoms with Crippen molar-refractivity contribution in [1.82, 2.24) is 0 Å². The van der Waals surface area contributed by atoms with E-state index in [9.17, 15) is 14.4 Å². The van der Waals surface area contributed by atoms with Crippen molar-refractivity contribution in [1.29, 1.82) is 0 Å². The van der Waals surface area contributed by atoms with Crippen LogP contribution in [0.2, 0.25) is 0 Å². The topological polar surface area (TPSA) is 87.3 Å². The molecule has 6 nitrogen and oxygen atoms in total. The SMILES string of the molecule is CC(=O)Nc1cccc(NCCC(=O)Nc2cccc(C(C)=O)c2)c1. The third-order valence-corrected chi connectivity index (χ3v) is 3.42. The van der Waals surface area contributed by atoms with Crippen molar-refractivity contribution in [3.63, 3.8) is 0 Å². The van der Waals surface area contributed by atoms with E-state index in [1.165, 1.54) is 13.8 Å². The molecule has 6 heteroatoms. The van der Waals surface area contributed by atoms with Gasteiger partial charge in [-0.2, -0.15) is 0 Å². The first-order valence-corrected chi connectivity index (χ1v) is 7.96. The smallest absolute Gasteiger partial charge is 0.226 e. The lowest BCUT2D eigenvalue weighted by atomic mass is 10.1. The van der Waals surface area contributed by atoms with E-state index in [-0.39, 0.29) is 24.0 Å². The van der Waals surface area contributed by atoms with Crippen molar-refractivity contribution < 1.29 is 14.4 Å². The number of nitrogens with one attached hydrogen (secondary N) is 3. The average molecular weight is 339 g/mol. The van der Waals surface area contributed by atoms with Gasteiger partial charge in [0.25, 0.3) is 0 Å². The van der Waals surface area contributed by atoms with Gasteiger partial charge in [0.2, 0.25) is 11.8 Å². The molecule has 3 N–H and O–H groups in total. The van der Waals surface area contributed by atoms with Crippen LogP contribution in [0.25, 0.3) is 0 Å². The molecule has 25 heavy (non-hydrogen) atoms. The van der Waals surface area contributed by atoms with Crippen LogP contribution in [0, 0.1) is 0 Å². The normalized spacial score (nSPS) is 10.0. The highest BCUT2D eigenvalue weighted by Gasteiger charge is 2.05. The van der Waals surface area contributed by atoms with Gasteiger partial charge in [-0.05, 0) is 37.3 Å². The number of ketones is 1. The summed E-state index contributed by atoms with van der Waals surface area (Å²) in [7, 11) is 0. The number of benzene rings is 2. The average Bonchev–Trinajstić information content (AvgIpc) is 2.54. The van der Waals surface area contributed by atoms with E-state index >= 15 is 0 Å². The van der Waals surface area contributed by atoms with E-state index in [0.29, 0.717) is 23.5 Å². The molecule has 0 aromatic heterocycles. The summed E-state index contributed by atoms with van der Waals surface area (Å²) in [6.07, 6.45) is 0.272. The van der Waals surface area contributed by atoms with Gasteiger partial charge in [-0.1, -0.05) is 18.2 Å². The van der Waals surface area contributed by atoms with Crippen molar-refractivity contribution in [3.8, 4) is 0 Å². The highest BCUT2D eigenvalue weighted by Crippen LogP contribution is 2.15. The fourth-order valence-corrected chi connectivity index (χ4v) is 2.27. The minimum absolute atomic E-state index is 0.0446. The standard InChI is InChI=1S/C19H21N3O3/c1-13(23)15-5-3-7-17(11-15)22-19(25)9-10-20-16-6-4-8-18(12-16)21-14(2)24/h3-8,11-12,20H,9-10H2,1-2H3,(H,21,24)(H,22,25). The molecule has 0 heterocycles. The number of hydrogen-bond donors (Lipinski definition) is 3. The molecule has 130 valence electrons. The number of amides is 2. The summed E-state index contributed by atoms with van der Waals surface area (Å²) in [4.78, 5) is 34.4. The fourth-order valence-electron chi connectivity index (χ4n) is 2.27. The Labute approximate surface area is 146 Å². The van der Waals surface area contributed by atoms with Gasteiger partial charge >= 0.3 is 0 Å². The van der Waals surface area contributed by atoms with Gasteiger partial charge in [0.1, 0.15) is 0 Å². The molecule has 0 aliphatic heterocycles. The van der Waals surface area contributed by atoms with Crippen LogP contribution in [0.15, 0.2) is 48.5 Å². The van der Waals surface area contributed by atoms with Crippen molar-refractivity contribution in [2.24, 2.45) is 0 Å². The predicted octanol–water partition coefficient (Wildman–Crippen LogP) is 3.29. The largest absolute Gasteiger partial charge is 0.384 e. The number of Topliss-reactive ketones (excluding diaryl/α,β-unsaturated/α-hetero) is 1. The fraction of sp³-hybridized carbons (Fsp3) is 0.211. The summed E-state index contributed by atoms with van der Waals surface area (Å²) in [6.45, 7) is 3.38. The van der Waals surface area contributed by atoms with E-state index in [0.717, 1.165) is 5.69 Å². The summed E-state index contributed by atoms with van der Waals surface area (Å²) in [5, 5.41) is 8.62. The maximum absolute atomic E-state index is 12.0. The van der Waals surface area contributed by atoms with Crippen molar-refractivity contribution >= 4 is 34.7 Å². The number of hydrogen-bond acceptors (Lipinski definition) is 4. The third kappa shape index (κ3) is 6.10. The van der Waals surface area contributed by atoms with Crippen LogP contribution in [0.3, 0.4) is 0 Å². The molecule has 0 unspecified atom stereocenters. The van der Waals surface area contributed by atoms with Crippen LogP contribution in [0.1, 0.15) is 30.6 Å². The molecule has 0 fully saturated rings. The molecule has 0 spiro atoms. The molecule has 2 rings (SSSR count). The lowest BCUT2D eigenvalue weighted by Crippen LogP contribution is -2.16. The summed E-state index contributed by atoms with van der Waals surface area (Å²) in [5.41, 5.74) is 2.68. The van der Waals surface area contributed by atoms with Gasteiger partial charge in [0.05, 0.1) is 0 Å². The maximum Gasteiger partial charge on any atom is 0.226 e. The Morgan fingerprint density at radius 3 is 2.16 bits per heavy atom. The van der Waals surface area contributed by atoms with Gasteiger partial charge in [-0.15, -0.1) is 0 Å². The lowest BCUT2D eigenvalue weighted by Gasteiger charge is -2.09. The number of rotatable bonds is 7. The molecule has 2 aromatic rings. The third-order valence-electron chi connectivity index (χ3n) is 3.42. The molecule has 0 aliphatic rings. The molecule has 0 aliphatic carbocycles. The highest BCUT2D eigenvalue weighted by atomic mass is 16.2. The second-order valence-corrected chi connectivity index (χ2v) is 5.62. The zero-order valence-corrected chi connectivity index (χ0v) is 14.3. The highest BCUT2D eigenvalue weighted by molar-refractivity contribution is 5.97. The molecule has 2 aromatic carbocycles. The zero-order valence-electron chi connectivity index (χ0n) is 14.3. The van der Waals surface area contributed by atoms with E-state index in [2.05, 4.69) is 16.0 Å². The van der Waals surface area contributed by atoms with Crippen molar-refractivity contribution in [2.45, 2.75) is 20.3 Å². The van der Waals surface area contributed by atoms with Crippen LogP contribution < -0.4 is 16.0 Å². The van der Waals surface area contributed by atoms with Gasteiger partial charge in [0.15, 0.2) is 5.78 Å². The summed E-state index contributed by atoms with van der Waals surface area (Å²) >= 11 is 0. The van der Waals surface area contributed by atoms with Gasteiger partial charge < -0.3 is 16.0 Å². The summed E-state index contributed by atoms with van der Waals surface area (Å²) in [6, 6.07) is 14.1. The van der Waals surface area contributed by atoms with Gasteiger partial charge in [0, 0.05) is 42.5 Å². The number of carbonyl (C=O) groups excluding carboxylic acids is 3. The zero-order chi connectivity index (χ0) is 18.2. The molecular formula is C19H21N3O3. The first kappa shape index (κ1) is 18.2. The monoisotopic (exact) mass is 339 g/mol. The molecule has 0 atom stereocenters. The van der Waals surface area contributed by atoms with Crippen LogP contribution in [-0.4, -0.2) is 24.1 Å². The van der Waals surface area contributed by atoms with Crippen molar-refractivity contribution in [3.05, 3.63) is 54.1 Å². The second-order valence-electron chi connectivity index (χ2n) is 5.62. The Morgan fingerprint density at radius 2 is 1.48 bits per heavy atom. The molecular weight excluding hydrogens is 318 g/mol. The second kappa shape index (κ2) is 8.63. The van der Waals surface area contributed by atoms with Gasteiger partial charge in [-0.25, -0.2) is 0 Å². The van der Waals surface area contributed by atoms with E-state index in [1.807, 2.05) is 12.1 Å². The lowest BCUT2D eigenvalue weighted by molar-refractivity contribution is -0.116. The molecule has 0 saturated heterocycles. The Morgan fingerprint density at radius 1 is 0.840 bits per heavy atom. The van der Waals surface area contributed by atoms with Crippen LogP contribution in [-0.2, 0) is 9.59 Å². The Bertz CT molecular complexity index is 787. The first-order valence-electron chi connectivity index (χ1n) is 7.96. The van der Waals surface area contributed by atoms with Gasteiger partial charge in [-0.3, -0.25) is 14.4 Å². The Kier molecular flexibility index (Phi) is 6.28. The maximum atomic E-state index is 12.0. The van der Waals surface area contributed by atoms with E-state index < -0.39 is 0 Å². The predicted molar refractivity (Wildman–Crippen MR) is 98.9 cm³/mol.